The molecular formula is C10H12FNO3S. The van der Waals surface area contributed by atoms with Crippen LogP contribution in [-0.4, -0.2) is 43.3 Å². The van der Waals surface area contributed by atoms with Crippen LogP contribution in [0.1, 0.15) is 6.42 Å². The first-order valence-electron chi connectivity index (χ1n) is 4.66. The van der Waals surface area contributed by atoms with Crippen molar-refractivity contribution in [2.24, 2.45) is 0 Å². The first kappa shape index (κ1) is 12.7. The predicted octanol–water partition coefficient (Wildman–Crippen LogP) is 0.119. The van der Waals surface area contributed by atoms with Crippen LogP contribution in [0.3, 0.4) is 0 Å². The summed E-state index contributed by atoms with van der Waals surface area (Å²) in [5.74, 6) is 0.0000945. The van der Waals surface area contributed by atoms with Gasteiger partial charge in [0.15, 0.2) is 15.7 Å². The first-order chi connectivity index (χ1) is 7.37. The fourth-order valence-corrected chi connectivity index (χ4v) is 3.37. The second kappa shape index (κ2) is 4.66. The molecule has 6 heteroatoms. The molecule has 1 heterocycles. The van der Waals surface area contributed by atoms with Gasteiger partial charge >= 0.3 is 0 Å². The topological polar surface area (TPSA) is 54.5 Å². The molecule has 0 N–H and O–H groups in total. The third-order valence-corrected chi connectivity index (χ3v) is 4.15. The molecule has 88 valence electrons. The van der Waals surface area contributed by atoms with Crippen molar-refractivity contribution in [1.29, 1.82) is 0 Å². The van der Waals surface area contributed by atoms with Crippen LogP contribution in [0, 0.1) is 12.3 Å². The van der Waals surface area contributed by atoms with Crippen LogP contribution in [0.4, 0.5) is 4.39 Å². The van der Waals surface area contributed by atoms with E-state index in [0.717, 1.165) is 4.90 Å². The van der Waals surface area contributed by atoms with Crippen molar-refractivity contribution in [1.82, 2.24) is 4.90 Å². The summed E-state index contributed by atoms with van der Waals surface area (Å²) in [6.07, 6.45) is 5.35. The van der Waals surface area contributed by atoms with E-state index in [4.69, 9.17) is 6.42 Å². The van der Waals surface area contributed by atoms with Gasteiger partial charge in [-0.1, -0.05) is 12.5 Å². The standard InChI is InChI=1S/C10H12FNO3S/c1-3-5-12(10(13)8(2)11)9-4-6-16(14,15)7-9/h1,9H,2,4-7H2. The Labute approximate surface area is 94.0 Å². The Morgan fingerprint density at radius 1 is 1.62 bits per heavy atom. The Kier molecular flexibility index (Phi) is 3.70. The van der Waals surface area contributed by atoms with E-state index in [2.05, 4.69) is 12.5 Å². The van der Waals surface area contributed by atoms with Crippen LogP contribution >= 0.6 is 0 Å². The van der Waals surface area contributed by atoms with Crippen molar-refractivity contribution < 1.29 is 17.6 Å². The maximum absolute atomic E-state index is 12.7. The summed E-state index contributed by atoms with van der Waals surface area (Å²) in [6, 6.07) is -0.541. The summed E-state index contributed by atoms with van der Waals surface area (Å²) >= 11 is 0. The first-order valence-corrected chi connectivity index (χ1v) is 6.49. The lowest BCUT2D eigenvalue weighted by molar-refractivity contribution is -0.129. The number of carbonyl (C=O) groups excluding carboxylic acids is 1. The van der Waals surface area contributed by atoms with Crippen LogP contribution in [0.15, 0.2) is 12.4 Å². The van der Waals surface area contributed by atoms with Gasteiger partial charge in [0.25, 0.3) is 5.91 Å². The zero-order valence-electron chi connectivity index (χ0n) is 8.65. The third-order valence-electron chi connectivity index (χ3n) is 2.40. The summed E-state index contributed by atoms with van der Waals surface area (Å²) < 4.78 is 35.2. The maximum Gasteiger partial charge on any atom is 0.283 e. The highest BCUT2D eigenvalue weighted by Gasteiger charge is 2.34. The molecule has 1 aliphatic rings. The molecule has 1 unspecified atom stereocenters. The number of nitrogens with zero attached hydrogens (tertiary/aromatic N) is 1. The van der Waals surface area contributed by atoms with E-state index in [-0.39, 0.29) is 18.1 Å². The summed E-state index contributed by atoms with van der Waals surface area (Å²) in [5.41, 5.74) is 0. The third kappa shape index (κ3) is 2.83. The highest BCUT2D eigenvalue weighted by Crippen LogP contribution is 2.19. The SMILES string of the molecule is C#CCN(C(=O)C(=C)F)C1CCS(=O)(=O)C1. The molecule has 1 fully saturated rings. The normalized spacial score (nSPS) is 22.4. The zero-order valence-corrected chi connectivity index (χ0v) is 9.46. The zero-order chi connectivity index (χ0) is 12.3. The molecule has 4 nitrogen and oxygen atoms in total. The van der Waals surface area contributed by atoms with Crippen LogP contribution < -0.4 is 0 Å². The Morgan fingerprint density at radius 2 is 2.25 bits per heavy atom. The molecule has 1 saturated heterocycles. The minimum Gasteiger partial charge on any atom is -0.321 e. The van der Waals surface area contributed by atoms with Gasteiger partial charge in [0, 0.05) is 6.04 Å². The fraction of sp³-hybridized carbons (Fsp3) is 0.500. The lowest BCUT2D eigenvalue weighted by Gasteiger charge is -2.25. The van der Waals surface area contributed by atoms with Crippen molar-refractivity contribution in [2.75, 3.05) is 18.1 Å². The number of halogens is 1. The molecule has 16 heavy (non-hydrogen) atoms. The monoisotopic (exact) mass is 245 g/mol. The average molecular weight is 245 g/mol. The van der Waals surface area contributed by atoms with Gasteiger partial charge in [-0.05, 0) is 6.42 Å². The van der Waals surface area contributed by atoms with E-state index in [9.17, 15) is 17.6 Å². The Morgan fingerprint density at radius 3 is 2.62 bits per heavy atom. The molecular weight excluding hydrogens is 233 g/mol. The van der Waals surface area contributed by atoms with Crippen molar-refractivity contribution in [3.05, 3.63) is 12.4 Å². The summed E-state index contributed by atoms with van der Waals surface area (Å²) in [5, 5.41) is 0. The van der Waals surface area contributed by atoms with Gasteiger partial charge < -0.3 is 4.90 Å². The van der Waals surface area contributed by atoms with Gasteiger partial charge in [-0.2, -0.15) is 0 Å². The fourth-order valence-electron chi connectivity index (χ4n) is 1.64. The van der Waals surface area contributed by atoms with Crippen molar-refractivity contribution in [3.8, 4) is 12.3 Å². The smallest absolute Gasteiger partial charge is 0.283 e. The minimum absolute atomic E-state index is 0.00474. The lowest BCUT2D eigenvalue weighted by Crippen LogP contribution is -2.41. The minimum atomic E-state index is -3.13. The highest BCUT2D eigenvalue weighted by atomic mass is 32.2. The molecule has 1 aliphatic heterocycles. The molecule has 0 spiro atoms. The number of amides is 1. The van der Waals surface area contributed by atoms with Crippen LogP contribution in [0.2, 0.25) is 0 Å². The summed E-state index contributed by atoms with van der Waals surface area (Å²) in [7, 11) is -3.13. The highest BCUT2D eigenvalue weighted by molar-refractivity contribution is 7.91. The Bertz CT molecular complexity index is 449. The van der Waals surface area contributed by atoms with Gasteiger partial charge in [0.05, 0.1) is 18.1 Å². The van der Waals surface area contributed by atoms with E-state index < -0.39 is 27.6 Å². The van der Waals surface area contributed by atoms with E-state index in [1.54, 1.807) is 0 Å². The molecule has 0 aromatic heterocycles. The van der Waals surface area contributed by atoms with Crippen molar-refractivity contribution in [3.63, 3.8) is 0 Å². The molecule has 0 aromatic rings. The second-order valence-corrected chi connectivity index (χ2v) is 5.83. The number of hydrogen-bond donors (Lipinski definition) is 0. The average Bonchev–Trinajstić information content (AvgIpc) is 2.54. The number of rotatable bonds is 3. The molecule has 0 bridgehead atoms. The number of hydrogen-bond acceptors (Lipinski definition) is 3. The van der Waals surface area contributed by atoms with Gasteiger partial charge in [-0.25, -0.2) is 12.8 Å². The predicted molar refractivity (Wildman–Crippen MR) is 57.9 cm³/mol. The van der Waals surface area contributed by atoms with E-state index in [0.29, 0.717) is 6.42 Å². The van der Waals surface area contributed by atoms with Crippen molar-refractivity contribution >= 4 is 15.7 Å². The summed E-state index contributed by atoms with van der Waals surface area (Å²) in [4.78, 5) is 12.4. The van der Waals surface area contributed by atoms with Crippen LogP contribution in [-0.2, 0) is 14.6 Å². The van der Waals surface area contributed by atoms with Crippen LogP contribution in [0.25, 0.3) is 0 Å². The van der Waals surface area contributed by atoms with E-state index in [1.807, 2.05) is 0 Å². The largest absolute Gasteiger partial charge is 0.321 e. The second-order valence-electron chi connectivity index (χ2n) is 3.60. The van der Waals surface area contributed by atoms with Crippen LogP contribution in [0.5, 0.6) is 0 Å². The van der Waals surface area contributed by atoms with E-state index in [1.165, 1.54) is 0 Å². The molecule has 0 saturated carbocycles. The number of sulfone groups is 1. The van der Waals surface area contributed by atoms with Gasteiger partial charge in [-0.3, -0.25) is 4.79 Å². The molecule has 0 aliphatic carbocycles. The van der Waals surface area contributed by atoms with Gasteiger partial charge in [0.2, 0.25) is 0 Å². The molecule has 1 atom stereocenters. The number of terminal acetylenes is 1. The molecule has 0 aromatic carbocycles. The summed E-state index contributed by atoms with van der Waals surface area (Å²) in [6.45, 7) is 2.78. The molecule has 1 amide bonds. The van der Waals surface area contributed by atoms with E-state index >= 15 is 0 Å². The molecule has 1 rings (SSSR count). The quantitative estimate of drug-likeness (QED) is 0.524. The van der Waals surface area contributed by atoms with Crippen molar-refractivity contribution in [2.45, 2.75) is 12.5 Å². The van der Waals surface area contributed by atoms with Gasteiger partial charge in [0.1, 0.15) is 0 Å². The van der Waals surface area contributed by atoms with Gasteiger partial charge in [-0.15, -0.1) is 6.42 Å². The maximum atomic E-state index is 12.7. The molecule has 0 radical (unpaired) electrons. The Balaban J connectivity index is 2.84. The number of carbonyl (C=O) groups is 1. The Hall–Kier alpha value is -1.35. The lowest BCUT2D eigenvalue weighted by atomic mass is 10.2.